The van der Waals surface area contributed by atoms with Gasteiger partial charge in [-0.2, -0.15) is 5.10 Å². The molecular formula is C14H24N2O2. The third-order valence-corrected chi connectivity index (χ3v) is 2.50. The first-order valence-electron chi connectivity index (χ1n) is 6.52. The van der Waals surface area contributed by atoms with E-state index in [4.69, 9.17) is 4.74 Å². The summed E-state index contributed by atoms with van der Waals surface area (Å²) in [6.07, 6.45) is 0.871. The molecule has 0 aliphatic carbocycles. The number of ether oxygens (including phenoxy) is 1. The fourth-order valence-electron chi connectivity index (χ4n) is 1.81. The number of carbonyl (C=O) groups is 1. The van der Waals surface area contributed by atoms with Crippen molar-refractivity contribution < 1.29 is 9.53 Å². The van der Waals surface area contributed by atoms with Crippen molar-refractivity contribution in [3.05, 3.63) is 17.5 Å². The van der Waals surface area contributed by atoms with Crippen molar-refractivity contribution in [2.45, 2.75) is 53.5 Å². The molecule has 1 aromatic rings. The average molecular weight is 252 g/mol. The summed E-state index contributed by atoms with van der Waals surface area (Å²) in [7, 11) is 0. The van der Waals surface area contributed by atoms with Crippen LogP contribution in [0.2, 0.25) is 0 Å². The summed E-state index contributed by atoms with van der Waals surface area (Å²) in [6, 6.07) is 1.85. The van der Waals surface area contributed by atoms with E-state index in [9.17, 15) is 4.79 Å². The third-order valence-electron chi connectivity index (χ3n) is 2.50. The summed E-state index contributed by atoms with van der Waals surface area (Å²) in [5.74, 6) is 0.221. The van der Waals surface area contributed by atoms with Gasteiger partial charge in [0.25, 0.3) is 0 Å². The molecule has 4 nitrogen and oxygen atoms in total. The van der Waals surface area contributed by atoms with Gasteiger partial charge in [0.15, 0.2) is 0 Å². The molecule has 0 radical (unpaired) electrons. The lowest BCUT2D eigenvalue weighted by molar-refractivity contribution is 0.0503. The van der Waals surface area contributed by atoms with E-state index < -0.39 is 0 Å². The zero-order valence-electron chi connectivity index (χ0n) is 12.3. The highest BCUT2D eigenvalue weighted by Gasteiger charge is 2.24. The standard InChI is InChI=1S/C14H24N2O2/c1-7-18-13(17)12-9-11(8-10(2)3)15-16(12)14(4,5)6/h9-10H,7-8H2,1-6H3. The second-order valence-corrected chi connectivity index (χ2v) is 5.92. The van der Waals surface area contributed by atoms with E-state index in [0.29, 0.717) is 18.2 Å². The molecule has 0 amide bonds. The minimum atomic E-state index is -0.296. The largest absolute Gasteiger partial charge is 0.461 e. The number of nitrogens with zero attached hydrogens (tertiary/aromatic N) is 2. The van der Waals surface area contributed by atoms with Gasteiger partial charge in [-0.05, 0) is 46.1 Å². The Kier molecular flexibility index (Phi) is 4.54. The number of hydrogen-bond acceptors (Lipinski definition) is 3. The lowest BCUT2D eigenvalue weighted by Crippen LogP contribution is -2.27. The lowest BCUT2D eigenvalue weighted by atomic mass is 10.1. The van der Waals surface area contributed by atoms with Crippen molar-refractivity contribution in [3.8, 4) is 0 Å². The van der Waals surface area contributed by atoms with E-state index in [2.05, 4.69) is 18.9 Å². The van der Waals surface area contributed by atoms with Gasteiger partial charge < -0.3 is 4.74 Å². The van der Waals surface area contributed by atoms with E-state index in [0.717, 1.165) is 12.1 Å². The van der Waals surface area contributed by atoms with Crippen LogP contribution < -0.4 is 0 Å². The molecule has 0 unspecified atom stereocenters. The van der Waals surface area contributed by atoms with Gasteiger partial charge in [-0.25, -0.2) is 4.79 Å². The Bertz CT molecular complexity index is 414. The van der Waals surface area contributed by atoms with Gasteiger partial charge in [-0.3, -0.25) is 4.68 Å². The second kappa shape index (κ2) is 5.55. The second-order valence-electron chi connectivity index (χ2n) is 5.92. The molecule has 1 heterocycles. The molecule has 102 valence electrons. The van der Waals surface area contributed by atoms with Gasteiger partial charge in [-0.15, -0.1) is 0 Å². The van der Waals surface area contributed by atoms with Crippen molar-refractivity contribution in [2.24, 2.45) is 5.92 Å². The Balaban J connectivity index is 3.13. The minimum Gasteiger partial charge on any atom is -0.461 e. The van der Waals surface area contributed by atoms with Crippen LogP contribution in [-0.4, -0.2) is 22.4 Å². The van der Waals surface area contributed by atoms with Crippen LogP contribution in [0.3, 0.4) is 0 Å². The lowest BCUT2D eigenvalue weighted by Gasteiger charge is -2.21. The zero-order valence-corrected chi connectivity index (χ0v) is 12.3. The summed E-state index contributed by atoms with van der Waals surface area (Å²) >= 11 is 0. The van der Waals surface area contributed by atoms with Crippen molar-refractivity contribution in [2.75, 3.05) is 6.61 Å². The smallest absolute Gasteiger partial charge is 0.356 e. The predicted octanol–water partition coefficient (Wildman–Crippen LogP) is 3.01. The van der Waals surface area contributed by atoms with Gasteiger partial charge in [0.05, 0.1) is 17.8 Å². The first-order valence-corrected chi connectivity index (χ1v) is 6.52. The fraction of sp³-hybridized carbons (Fsp3) is 0.714. The Labute approximate surface area is 109 Å². The quantitative estimate of drug-likeness (QED) is 0.774. The van der Waals surface area contributed by atoms with E-state index in [-0.39, 0.29) is 11.5 Å². The molecule has 1 aromatic heterocycles. The number of aromatic nitrogens is 2. The maximum absolute atomic E-state index is 11.9. The third kappa shape index (κ3) is 3.59. The highest BCUT2D eigenvalue weighted by atomic mass is 16.5. The molecule has 18 heavy (non-hydrogen) atoms. The number of hydrogen-bond donors (Lipinski definition) is 0. The van der Waals surface area contributed by atoms with Crippen LogP contribution in [0.15, 0.2) is 6.07 Å². The molecule has 1 rings (SSSR count). The molecule has 0 aliphatic heterocycles. The molecule has 0 spiro atoms. The topological polar surface area (TPSA) is 44.1 Å². The summed E-state index contributed by atoms with van der Waals surface area (Å²) in [5, 5.41) is 4.54. The van der Waals surface area contributed by atoms with Crippen molar-refractivity contribution >= 4 is 5.97 Å². The van der Waals surface area contributed by atoms with Gasteiger partial charge in [-0.1, -0.05) is 13.8 Å². The number of carbonyl (C=O) groups excluding carboxylic acids is 1. The van der Waals surface area contributed by atoms with E-state index in [1.807, 2.05) is 33.8 Å². The highest BCUT2D eigenvalue weighted by Crippen LogP contribution is 2.19. The molecular weight excluding hydrogens is 228 g/mol. The van der Waals surface area contributed by atoms with Crippen LogP contribution in [0.5, 0.6) is 0 Å². The number of rotatable bonds is 4. The maximum Gasteiger partial charge on any atom is 0.356 e. The van der Waals surface area contributed by atoms with Crippen molar-refractivity contribution in [3.63, 3.8) is 0 Å². The van der Waals surface area contributed by atoms with Crippen LogP contribution in [0.4, 0.5) is 0 Å². The Morgan fingerprint density at radius 2 is 2.06 bits per heavy atom. The van der Waals surface area contributed by atoms with Crippen LogP contribution in [0, 0.1) is 5.92 Å². The summed E-state index contributed by atoms with van der Waals surface area (Å²) in [6.45, 7) is 12.6. The van der Waals surface area contributed by atoms with Crippen LogP contribution in [0.1, 0.15) is 57.7 Å². The average Bonchev–Trinajstić information content (AvgIpc) is 2.60. The molecule has 0 bridgehead atoms. The zero-order chi connectivity index (χ0) is 13.9. The SMILES string of the molecule is CCOC(=O)c1cc(CC(C)C)nn1C(C)(C)C. The van der Waals surface area contributed by atoms with Crippen LogP contribution >= 0.6 is 0 Å². The Morgan fingerprint density at radius 3 is 2.50 bits per heavy atom. The van der Waals surface area contributed by atoms with Crippen molar-refractivity contribution in [1.82, 2.24) is 9.78 Å². The molecule has 0 aliphatic rings. The molecule has 0 N–H and O–H groups in total. The van der Waals surface area contributed by atoms with Crippen molar-refractivity contribution in [1.29, 1.82) is 0 Å². The highest BCUT2D eigenvalue weighted by molar-refractivity contribution is 5.87. The minimum absolute atomic E-state index is 0.225. The Hall–Kier alpha value is -1.32. The van der Waals surface area contributed by atoms with Crippen LogP contribution in [0.25, 0.3) is 0 Å². The predicted molar refractivity (Wildman–Crippen MR) is 71.7 cm³/mol. The van der Waals surface area contributed by atoms with E-state index >= 15 is 0 Å². The molecule has 0 atom stereocenters. The summed E-state index contributed by atoms with van der Waals surface area (Å²) in [5.41, 5.74) is 1.26. The Morgan fingerprint density at radius 1 is 1.44 bits per heavy atom. The molecule has 0 saturated heterocycles. The summed E-state index contributed by atoms with van der Waals surface area (Å²) < 4.78 is 6.85. The first-order chi connectivity index (χ1) is 8.25. The number of esters is 1. The molecule has 0 saturated carbocycles. The van der Waals surface area contributed by atoms with E-state index in [1.165, 1.54) is 0 Å². The maximum atomic E-state index is 11.9. The normalized spacial score (nSPS) is 11.9. The van der Waals surface area contributed by atoms with Gasteiger partial charge in [0, 0.05) is 0 Å². The first kappa shape index (κ1) is 14.7. The fourth-order valence-corrected chi connectivity index (χ4v) is 1.81. The van der Waals surface area contributed by atoms with Gasteiger partial charge in [0.2, 0.25) is 0 Å². The summed E-state index contributed by atoms with van der Waals surface area (Å²) in [4.78, 5) is 11.9. The van der Waals surface area contributed by atoms with Gasteiger partial charge in [0.1, 0.15) is 5.69 Å². The monoisotopic (exact) mass is 252 g/mol. The van der Waals surface area contributed by atoms with Gasteiger partial charge >= 0.3 is 5.97 Å². The molecule has 4 heteroatoms. The molecule has 0 aromatic carbocycles. The molecule has 0 fully saturated rings. The van der Waals surface area contributed by atoms with Crippen LogP contribution in [-0.2, 0) is 16.7 Å². The van der Waals surface area contributed by atoms with E-state index in [1.54, 1.807) is 4.68 Å².